The first-order chi connectivity index (χ1) is 13.8. The summed E-state index contributed by atoms with van der Waals surface area (Å²) in [7, 11) is 0. The Morgan fingerprint density at radius 1 is 0.828 bits per heavy atom. The second kappa shape index (κ2) is 7.21. The number of amides is 1. The quantitative estimate of drug-likeness (QED) is 0.486. The summed E-state index contributed by atoms with van der Waals surface area (Å²) in [6, 6.07) is 16.3. The molecule has 4 nitrogen and oxygen atoms in total. The molecule has 0 fully saturated rings. The van der Waals surface area contributed by atoms with Crippen LogP contribution >= 0.6 is 0 Å². The minimum atomic E-state index is -0.159. The lowest BCUT2D eigenvalue weighted by molar-refractivity contribution is 0.102. The third-order valence-electron chi connectivity index (χ3n) is 5.22. The molecule has 1 amide bonds. The van der Waals surface area contributed by atoms with Gasteiger partial charge in [0.25, 0.3) is 5.91 Å². The number of nitrogens with one attached hydrogen (secondary N) is 1. The van der Waals surface area contributed by atoms with Crippen LogP contribution in [0.3, 0.4) is 0 Å². The van der Waals surface area contributed by atoms with Crippen LogP contribution in [0, 0.1) is 34.6 Å². The Hall–Kier alpha value is -3.40. The van der Waals surface area contributed by atoms with Crippen LogP contribution in [0.4, 0.5) is 5.69 Å². The van der Waals surface area contributed by atoms with E-state index in [1.54, 1.807) is 0 Å². The summed E-state index contributed by atoms with van der Waals surface area (Å²) in [4.78, 5) is 18.3. The number of benzene rings is 2. The molecule has 0 saturated carbocycles. The van der Waals surface area contributed by atoms with Crippen LogP contribution in [0.25, 0.3) is 16.9 Å². The maximum absolute atomic E-state index is 13.5. The van der Waals surface area contributed by atoms with E-state index < -0.39 is 0 Å². The van der Waals surface area contributed by atoms with Gasteiger partial charge in [-0.3, -0.25) is 9.20 Å². The Bertz CT molecular complexity index is 1210. The molecule has 1 N–H and O–H groups in total. The molecule has 0 spiro atoms. The Morgan fingerprint density at radius 3 is 2.10 bits per heavy atom. The van der Waals surface area contributed by atoms with E-state index in [0.717, 1.165) is 33.6 Å². The fraction of sp³-hybridized carbons (Fsp3) is 0.200. The number of hydrogen-bond donors (Lipinski definition) is 1. The molecular formula is C25H25N3O. The zero-order valence-electron chi connectivity index (χ0n) is 17.5. The average molecular weight is 383 g/mol. The Balaban J connectivity index is 1.87. The number of carbonyl (C=O) groups excluding carboxylic acids is 1. The maximum atomic E-state index is 13.5. The summed E-state index contributed by atoms with van der Waals surface area (Å²) in [6.07, 6.45) is 1.96. The molecule has 0 aliphatic rings. The van der Waals surface area contributed by atoms with Crippen LogP contribution in [0.5, 0.6) is 0 Å². The van der Waals surface area contributed by atoms with Crippen molar-refractivity contribution in [3.8, 4) is 11.3 Å². The van der Waals surface area contributed by atoms with Gasteiger partial charge < -0.3 is 5.32 Å². The number of nitrogens with zero attached hydrogens (tertiary/aromatic N) is 2. The van der Waals surface area contributed by atoms with Crippen molar-refractivity contribution in [1.29, 1.82) is 0 Å². The summed E-state index contributed by atoms with van der Waals surface area (Å²) < 4.78 is 1.89. The molecule has 29 heavy (non-hydrogen) atoms. The van der Waals surface area contributed by atoms with Crippen LogP contribution < -0.4 is 5.32 Å². The predicted molar refractivity (Wildman–Crippen MR) is 119 cm³/mol. The molecule has 0 aliphatic heterocycles. The molecule has 2 aromatic heterocycles. The number of pyridine rings is 1. The summed E-state index contributed by atoms with van der Waals surface area (Å²) in [5.41, 5.74) is 9.32. The van der Waals surface area contributed by atoms with Crippen LogP contribution in [-0.2, 0) is 0 Å². The fourth-order valence-corrected chi connectivity index (χ4v) is 3.83. The topological polar surface area (TPSA) is 46.4 Å². The van der Waals surface area contributed by atoms with Gasteiger partial charge in [0.1, 0.15) is 17.0 Å². The van der Waals surface area contributed by atoms with E-state index in [2.05, 4.69) is 24.4 Å². The smallest absolute Gasteiger partial charge is 0.274 e. The number of aryl methyl sites for hydroxylation is 5. The van der Waals surface area contributed by atoms with Crippen LogP contribution in [0.15, 0.2) is 54.7 Å². The van der Waals surface area contributed by atoms with Crippen LogP contribution in [-0.4, -0.2) is 15.3 Å². The zero-order valence-corrected chi connectivity index (χ0v) is 17.5. The minimum Gasteiger partial charge on any atom is -0.320 e. The fourth-order valence-electron chi connectivity index (χ4n) is 3.83. The Morgan fingerprint density at radius 2 is 1.45 bits per heavy atom. The van der Waals surface area contributed by atoms with E-state index in [1.165, 1.54) is 11.1 Å². The molecule has 0 aliphatic carbocycles. The second-order valence-electron chi connectivity index (χ2n) is 7.84. The van der Waals surface area contributed by atoms with Crippen molar-refractivity contribution in [2.24, 2.45) is 0 Å². The van der Waals surface area contributed by atoms with E-state index in [4.69, 9.17) is 4.98 Å². The van der Waals surface area contributed by atoms with Crippen molar-refractivity contribution < 1.29 is 4.79 Å². The molecule has 0 unspecified atom stereocenters. The van der Waals surface area contributed by atoms with Gasteiger partial charge in [-0.1, -0.05) is 53.6 Å². The van der Waals surface area contributed by atoms with Gasteiger partial charge in [-0.05, 0) is 57.4 Å². The molecule has 2 aromatic carbocycles. The standard InChI is InChI=1S/C25H25N3O/c1-15-6-9-20(10-7-15)23-24(28-14-16(2)8-11-21(28)26-23)25(29)27-22-18(4)12-17(3)13-19(22)5/h6-14H,1-5H3,(H,27,29). The van der Waals surface area contributed by atoms with Gasteiger partial charge in [-0.2, -0.15) is 0 Å². The average Bonchev–Trinajstić information content (AvgIpc) is 3.03. The maximum Gasteiger partial charge on any atom is 0.274 e. The van der Waals surface area contributed by atoms with Crippen molar-refractivity contribution in [1.82, 2.24) is 9.38 Å². The first-order valence-electron chi connectivity index (χ1n) is 9.78. The van der Waals surface area contributed by atoms with Crippen molar-refractivity contribution in [2.45, 2.75) is 34.6 Å². The molecular weight excluding hydrogens is 358 g/mol. The molecule has 4 heteroatoms. The van der Waals surface area contributed by atoms with Crippen LogP contribution in [0.2, 0.25) is 0 Å². The molecule has 2 heterocycles. The lowest BCUT2D eigenvalue weighted by atomic mass is 10.0. The molecule has 4 rings (SSSR count). The molecule has 4 aromatic rings. The first-order valence-corrected chi connectivity index (χ1v) is 9.78. The number of hydrogen-bond acceptors (Lipinski definition) is 2. The number of carbonyl (C=O) groups is 1. The van der Waals surface area contributed by atoms with Gasteiger partial charge in [0, 0.05) is 17.4 Å². The van der Waals surface area contributed by atoms with Crippen molar-refractivity contribution in [3.63, 3.8) is 0 Å². The van der Waals surface area contributed by atoms with E-state index in [9.17, 15) is 4.79 Å². The van der Waals surface area contributed by atoms with Gasteiger partial charge >= 0.3 is 0 Å². The van der Waals surface area contributed by atoms with Crippen LogP contribution in [0.1, 0.15) is 38.3 Å². The molecule has 0 atom stereocenters. The number of aromatic nitrogens is 2. The summed E-state index contributed by atoms with van der Waals surface area (Å²) in [5.74, 6) is -0.159. The highest BCUT2D eigenvalue weighted by Gasteiger charge is 2.22. The molecule has 0 saturated heterocycles. The summed E-state index contributed by atoms with van der Waals surface area (Å²) in [5, 5.41) is 3.14. The van der Waals surface area contributed by atoms with Crippen molar-refractivity contribution in [3.05, 3.63) is 88.2 Å². The van der Waals surface area contributed by atoms with E-state index in [1.807, 2.05) is 74.7 Å². The highest BCUT2D eigenvalue weighted by atomic mass is 16.2. The first kappa shape index (κ1) is 18.9. The molecule has 146 valence electrons. The van der Waals surface area contributed by atoms with Crippen molar-refractivity contribution >= 4 is 17.2 Å². The van der Waals surface area contributed by atoms with E-state index in [-0.39, 0.29) is 5.91 Å². The normalized spacial score (nSPS) is 11.1. The summed E-state index contributed by atoms with van der Waals surface area (Å²) >= 11 is 0. The number of anilines is 1. The third-order valence-corrected chi connectivity index (χ3v) is 5.22. The number of rotatable bonds is 3. The Kier molecular flexibility index (Phi) is 4.71. The SMILES string of the molecule is Cc1ccc(-c2nc3ccc(C)cn3c2C(=O)Nc2c(C)cc(C)cc2C)cc1. The van der Waals surface area contributed by atoms with Gasteiger partial charge in [0.2, 0.25) is 0 Å². The highest BCUT2D eigenvalue weighted by molar-refractivity contribution is 6.08. The molecule has 0 bridgehead atoms. The predicted octanol–water partition coefficient (Wildman–Crippen LogP) is 5.80. The van der Waals surface area contributed by atoms with Gasteiger partial charge in [0.15, 0.2) is 0 Å². The number of fused-ring (bicyclic) bond motifs is 1. The third kappa shape index (κ3) is 3.54. The zero-order chi connectivity index (χ0) is 20.7. The summed E-state index contributed by atoms with van der Waals surface area (Å²) in [6.45, 7) is 10.2. The monoisotopic (exact) mass is 383 g/mol. The second-order valence-corrected chi connectivity index (χ2v) is 7.84. The highest BCUT2D eigenvalue weighted by Crippen LogP contribution is 2.28. The number of imidazole rings is 1. The molecule has 0 radical (unpaired) electrons. The van der Waals surface area contributed by atoms with E-state index >= 15 is 0 Å². The van der Waals surface area contributed by atoms with Gasteiger partial charge in [0.05, 0.1) is 0 Å². The van der Waals surface area contributed by atoms with E-state index in [0.29, 0.717) is 11.4 Å². The van der Waals surface area contributed by atoms with Crippen molar-refractivity contribution in [2.75, 3.05) is 5.32 Å². The largest absolute Gasteiger partial charge is 0.320 e. The lowest BCUT2D eigenvalue weighted by Crippen LogP contribution is -2.17. The Labute approximate surface area is 171 Å². The lowest BCUT2D eigenvalue weighted by Gasteiger charge is -2.13. The van der Waals surface area contributed by atoms with Gasteiger partial charge in [-0.25, -0.2) is 4.98 Å². The van der Waals surface area contributed by atoms with Gasteiger partial charge in [-0.15, -0.1) is 0 Å². The minimum absolute atomic E-state index is 0.159.